The lowest BCUT2D eigenvalue weighted by Crippen LogP contribution is -2.39. The summed E-state index contributed by atoms with van der Waals surface area (Å²) in [4.78, 5) is 13.5. The fourth-order valence-corrected chi connectivity index (χ4v) is 4.86. The monoisotopic (exact) mass is 488 g/mol. The van der Waals surface area contributed by atoms with Gasteiger partial charge in [0.05, 0.1) is 5.92 Å². The summed E-state index contributed by atoms with van der Waals surface area (Å²) in [5.74, 6) is -0.406. The first-order valence-corrected chi connectivity index (χ1v) is 11.6. The van der Waals surface area contributed by atoms with Crippen molar-refractivity contribution in [2.75, 3.05) is 11.9 Å². The van der Waals surface area contributed by atoms with Gasteiger partial charge in [-0.15, -0.1) is 0 Å². The van der Waals surface area contributed by atoms with Crippen LogP contribution in [-0.2, 0) is 11.3 Å². The number of anilines is 1. The van der Waals surface area contributed by atoms with E-state index in [2.05, 4.69) is 70.3 Å². The van der Waals surface area contributed by atoms with E-state index >= 15 is 0 Å². The number of aryl methyl sites for hydroxylation is 2. The molecule has 0 unspecified atom stereocenters. The van der Waals surface area contributed by atoms with Gasteiger partial charge in [-0.05, 0) is 86.5 Å². The number of hydrogen-bond donors (Lipinski definition) is 2. The normalized spacial score (nSPS) is 18.6. The summed E-state index contributed by atoms with van der Waals surface area (Å²) in [6.45, 7) is 5.72. The van der Waals surface area contributed by atoms with Crippen molar-refractivity contribution in [2.45, 2.75) is 46.1 Å². The van der Waals surface area contributed by atoms with E-state index in [9.17, 15) is 9.90 Å². The van der Waals surface area contributed by atoms with Crippen LogP contribution < -0.4 is 5.32 Å². The van der Waals surface area contributed by atoms with E-state index in [-0.39, 0.29) is 5.92 Å². The molecule has 0 heterocycles. The van der Waals surface area contributed by atoms with Crippen LogP contribution in [0.1, 0.15) is 42.4 Å². The third-order valence-electron chi connectivity index (χ3n) is 5.94. The molecule has 3 rings (SSSR count). The quantitative estimate of drug-likeness (QED) is 0.477. The van der Waals surface area contributed by atoms with Gasteiger partial charge in [-0.2, -0.15) is 0 Å². The van der Waals surface area contributed by atoms with Crippen LogP contribution >= 0.6 is 28.1 Å². The number of aliphatic carboxylic acids is 1. The number of halogens is 1. The van der Waals surface area contributed by atoms with Crippen LogP contribution in [0.3, 0.4) is 0 Å². The third-order valence-corrected chi connectivity index (χ3v) is 6.79. The van der Waals surface area contributed by atoms with Crippen LogP contribution in [0.25, 0.3) is 0 Å². The minimum atomic E-state index is -0.661. The molecule has 0 saturated heterocycles. The van der Waals surface area contributed by atoms with Crippen LogP contribution in [0, 0.1) is 25.7 Å². The Balaban J connectivity index is 1.75. The van der Waals surface area contributed by atoms with Crippen molar-refractivity contribution in [3.8, 4) is 0 Å². The van der Waals surface area contributed by atoms with Crippen molar-refractivity contribution in [3.63, 3.8) is 0 Å². The van der Waals surface area contributed by atoms with E-state index < -0.39 is 5.97 Å². The van der Waals surface area contributed by atoms with E-state index in [0.29, 0.717) is 11.0 Å². The average molecular weight is 489 g/mol. The number of para-hydroxylation sites is 1. The van der Waals surface area contributed by atoms with E-state index in [0.717, 1.165) is 48.9 Å². The Bertz CT molecular complexity index is 890. The average Bonchev–Trinajstić information content (AvgIpc) is 2.70. The maximum absolute atomic E-state index is 11.3. The second-order valence-corrected chi connectivity index (χ2v) is 9.57. The zero-order chi connectivity index (χ0) is 21.7. The maximum Gasteiger partial charge on any atom is 0.306 e. The van der Waals surface area contributed by atoms with Gasteiger partial charge in [0.1, 0.15) is 0 Å². The predicted molar refractivity (Wildman–Crippen MR) is 130 cm³/mol. The fourth-order valence-electron chi connectivity index (χ4n) is 4.18. The largest absolute Gasteiger partial charge is 0.481 e. The molecule has 2 N–H and O–H groups in total. The molecule has 0 spiro atoms. The second-order valence-electron chi connectivity index (χ2n) is 8.26. The third kappa shape index (κ3) is 6.05. The van der Waals surface area contributed by atoms with Gasteiger partial charge < -0.3 is 15.3 Å². The molecular weight excluding hydrogens is 460 g/mol. The summed E-state index contributed by atoms with van der Waals surface area (Å²) >= 11 is 9.41. The Hall–Kier alpha value is -1.92. The Morgan fingerprint density at radius 1 is 1.13 bits per heavy atom. The van der Waals surface area contributed by atoms with Crippen molar-refractivity contribution >= 4 is 44.9 Å². The molecule has 0 aliphatic heterocycles. The molecule has 0 bridgehead atoms. The molecule has 2 aromatic rings. The molecule has 30 heavy (non-hydrogen) atoms. The van der Waals surface area contributed by atoms with E-state index in [1.54, 1.807) is 0 Å². The van der Waals surface area contributed by atoms with Crippen LogP contribution in [0.15, 0.2) is 46.9 Å². The van der Waals surface area contributed by atoms with Crippen LogP contribution in [0.2, 0.25) is 0 Å². The summed E-state index contributed by atoms with van der Waals surface area (Å²) in [6.07, 6.45) is 3.36. The molecule has 1 saturated carbocycles. The highest BCUT2D eigenvalue weighted by Gasteiger charge is 2.27. The molecule has 1 aliphatic carbocycles. The first-order valence-electron chi connectivity index (χ1n) is 10.4. The molecule has 0 aromatic heterocycles. The summed E-state index contributed by atoms with van der Waals surface area (Å²) in [7, 11) is 0. The molecule has 0 amide bonds. The highest BCUT2D eigenvalue weighted by molar-refractivity contribution is 9.10. The van der Waals surface area contributed by atoms with Gasteiger partial charge in [0.2, 0.25) is 0 Å². The van der Waals surface area contributed by atoms with Gasteiger partial charge in [-0.3, -0.25) is 4.79 Å². The Labute approximate surface area is 192 Å². The zero-order valence-electron chi connectivity index (χ0n) is 17.5. The standard InChI is InChI=1S/C24H29BrN2O2S/c1-16-5-3-6-17(2)22(16)26-24(30)27(15-19-7-4-8-21(25)13-19)14-18-9-11-20(12-10-18)23(28)29/h3-8,13,18,20H,9-12,14-15H2,1-2H3,(H,26,30)(H,28,29). The van der Waals surface area contributed by atoms with Crippen molar-refractivity contribution in [3.05, 3.63) is 63.6 Å². The number of carbonyl (C=O) groups is 1. The van der Waals surface area contributed by atoms with Crippen LogP contribution in [-0.4, -0.2) is 27.6 Å². The number of thiocarbonyl (C=S) groups is 1. The van der Waals surface area contributed by atoms with Gasteiger partial charge in [0.25, 0.3) is 0 Å². The first kappa shape index (κ1) is 22.8. The fraction of sp³-hybridized carbons (Fsp3) is 0.417. The molecule has 1 aliphatic rings. The number of nitrogens with zero attached hydrogens (tertiary/aromatic N) is 1. The molecule has 160 valence electrons. The van der Waals surface area contributed by atoms with E-state index in [1.165, 1.54) is 16.7 Å². The smallest absolute Gasteiger partial charge is 0.306 e. The van der Waals surface area contributed by atoms with E-state index in [4.69, 9.17) is 12.2 Å². The van der Waals surface area contributed by atoms with Crippen molar-refractivity contribution < 1.29 is 9.90 Å². The molecule has 0 atom stereocenters. The minimum absolute atomic E-state index is 0.195. The maximum atomic E-state index is 11.3. The summed E-state index contributed by atoms with van der Waals surface area (Å²) in [5, 5.41) is 13.5. The van der Waals surface area contributed by atoms with Gasteiger partial charge in [-0.25, -0.2) is 0 Å². The number of rotatable bonds is 6. The molecular formula is C24H29BrN2O2S. The van der Waals surface area contributed by atoms with Gasteiger partial charge in [0.15, 0.2) is 5.11 Å². The second kappa shape index (κ2) is 10.4. The summed E-state index contributed by atoms with van der Waals surface area (Å²) < 4.78 is 1.05. The topological polar surface area (TPSA) is 52.6 Å². The lowest BCUT2D eigenvalue weighted by molar-refractivity contribution is -0.143. The minimum Gasteiger partial charge on any atom is -0.481 e. The van der Waals surface area contributed by atoms with Crippen LogP contribution in [0.4, 0.5) is 5.69 Å². The zero-order valence-corrected chi connectivity index (χ0v) is 19.9. The number of carboxylic acids is 1. The highest BCUT2D eigenvalue weighted by Crippen LogP contribution is 2.30. The van der Waals surface area contributed by atoms with Gasteiger partial charge >= 0.3 is 5.97 Å². The Kier molecular flexibility index (Phi) is 7.89. The molecule has 0 radical (unpaired) electrons. The van der Waals surface area contributed by atoms with E-state index in [1.807, 2.05) is 12.1 Å². The summed E-state index contributed by atoms with van der Waals surface area (Å²) in [6, 6.07) is 14.5. The van der Waals surface area contributed by atoms with Crippen molar-refractivity contribution in [2.24, 2.45) is 11.8 Å². The summed E-state index contributed by atoms with van der Waals surface area (Å²) in [5.41, 5.74) is 4.59. The number of carboxylic acid groups (broad SMARTS) is 1. The SMILES string of the molecule is Cc1cccc(C)c1NC(=S)N(Cc1cccc(Br)c1)CC1CCC(C(=O)O)CC1. The predicted octanol–water partition coefficient (Wildman–Crippen LogP) is 6.16. The lowest BCUT2D eigenvalue weighted by atomic mass is 9.82. The Morgan fingerprint density at radius 2 is 1.77 bits per heavy atom. The lowest BCUT2D eigenvalue weighted by Gasteiger charge is -2.33. The Morgan fingerprint density at radius 3 is 2.37 bits per heavy atom. The molecule has 6 heteroatoms. The van der Waals surface area contributed by atoms with Crippen molar-refractivity contribution in [1.82, 2.24) is 4.90 Å². The molecule has 1 fully saturated rings. The first-order chi connectivity index (χ1) is 14.3. The van der Waals surface area contributed by atoms with Gasteiger partial charge in [0, 0.05) is 23.2 Å². The highest BCUT2D eigenvalue weighted by atomic mass is 79.9. The molecule has 2 aromatic carbocycles. The molecule has 4 nitrogen and oxygen atoms in total. The van der Waals surface area contributed by atoms with Gasteiger partial charge in [-0.1, -0.05) is 46.3 Å². The number of benzene rings is 2. The number of hydrogen-bond acceptors (Lipinski definition) is 2. The van der Waals surface area contributed by atoms with Crippen molar-refractivity contribution in [1.29, 1.82) is 0 Å². The number of nitrogens with one attached hydrogen (secondary N) is 1. The van der Waals surface area contributed by atoms with Crippen LogP contribution in [0.5, 0.6) is 0 Å².